The van der Waals surface area contributed by atoms with Crippen molar-refractivity contribution < 1.29 is 9.59 Å². The number of Topliss-reactive ketones (excluding diaryl/α,β-unsaturated/α-hetero) is 2. The number of thioether (sulfide) groups is 1. The van der Waals surface area contributed by atoms with E-state index in [0.29, 0.717) is 12.8 Å². The fourth-order valence-corrected chi connectivity index (χ4v) is 4.85. The molecule has 1 aromatic heterocycles. The number of ketones is 2. The van der Waals surface area contributed by atoms with Crippen LogP contribution in [0.1, 0.15) is 31.7 Å². The van der Waals surface area contributed by atoms with E-state index in [1.807, 2.05) is 12.1 Å². The van der Waals surface area contributed by atoms with Gasteiger partial charge in [0, 0.05) is 23.3 Å². The molecule has 0 amide bonds. The van der Waals surface area contributed by atoms with E-state index < -0.39 is 4.75 Å². The van der Waals surface area contributed by atoms with Crippen LogP contribution in [0.5, 0.6) is 0 Å². The minimum atomic E-state index is -0.832. The molecule has 104 valence electrons. The van der Waals surface area contributed by atoms with E-state index >= 15 is 0 Å². The van der Waals surface area contributed by atoms with Gasteiger partial charge in [-0.1, -0.05) is 18.2 Å². The monoisotopic (exact) mass is 304 g/mol. The Hall–Kier alpha value is -1.13. The summed E-state index contributed by atoms with van der Waals surface area (Å²) in [5.74, 6) is 0.912. The van der Waals surface area contributed by atoms with Crippen LogP contribution in [-0.2, 0) is 15.3 Å². The third-order valence-electron chi connectivity index (χ3n) is 3.95. The average molecular weight is 304 g/mol. The normalized spacial score (nSPS) is 18.6. The molecule has 0 saturated heterocycles. The highest BCUT2D eigenvalue weighted by atomic mass is 32.2. The van der Waals surface area contributed by atoms with Gasteiger partial charge in [0.1, 0.15) is 4.75 Å². The van der Waals surface area contributed by atoms with Crippen LogP contribution in [0.25, 0.3) is 10.1 Å². The van der Waals surface area contributed by atoms with Gasteiger partial charge in [-0.25, -0.2) is 0 Å². The molecule has 3 rings (SSSR count). The molecule has 0 spiro atoms. The summed E-state index contributed by atoms with van der Waals surface area (Å²) in [6, 6.07) is 8.27. The first-order chi connectivity index (χ1) is 9.61. The lowest BCUT2D eigenvalue weighted by Gasteiger charge is -2.29. The second kappa shape index (κ2) is 5.34. The Morgan fingerprint density at radius 1 is 1.20 bits per heavy atom. The van der Waals surface area contributed by atoms with Crippen molar-refractivity contribution in [1.82, 2.24) is 0 Å². The Labute approximate surface area is 126 Å². The van der Waals surface area contributed by atoms with Gasteiger partial charge in [-0.3, -0.25) is 9.59 Å². The Kier molecular flexibility index (Phi) is 3.69. The zero-order valence-corrected chi connectivity index (χ0v) is 13.0. The van der Waals surface area contributed by atoms with Crippen molar-refractivity contribution in [2.75, 3.05) is 0 Å². The quantitative estimate of drug-likeness (QED) is 0.796. The van der Waals surface area contributed by atoms with Crippen molar-refractivity contribution in [1.29, 1.82) is 0 Å². The Balaban J connectivity index is 1.82. The maximum absolute atomic E-state index is 12.1. The predicted octanol–water partition coefficient (Wildman–Crippen LogP) is 4.22. The molecule has 20 heavy (non-hydrogen) atoms. The molecule has 0 bridgehead atoms. The van der Waals surface area contributed by atoms with Crippen LogP contribution in [0.15, 0.2) is 29.6 Å². The molecule has 1 aliphatic rings. The topological polar surface area (TPSA) is 34.1 Å². The number of carbonyl (C=O) groups excluding carboxylic acids is 2. The maximum Gasteiger partial charge on any atom is 0.156 e. The largest absolute Gasteiger partial charge is 0.298 e. The van der Waals surface area contributed by atoms with Gasteiger partial charge in [0.15, 0.2) is 11.6 Å². The first-order valence-corrected chi connectivity index (χ1v) is 8.63. The standard InChI is InChI=1S/C16H16O2S2/c1-16(14(17)7-4-8-15(16)18)20-10-11-9-19-13-6-3-2-5-12(11)13/h2-3,5-6,9H,4,7-8,10H2,1H3. The van der Waals surface area contributed by atoms with Gasteiger partial charge < -0.3 is 0 Å². The highest BCUT2D eigenvalue weighted by Crippen LogP contribution is 2.38. The molecule has 4 heteroatoms. The number of hydrogen-bond donors (Lipinski definition) is 0. The van der Waals surface area contributed by atoms with Crippen LogP contribution in [-0.4, -0.2) is 16.3 Å². The van der Waals surface area contributed by atoms with Crippen LogP contribution >= 0.6 is 23.1 Å². The number of benzene rings is 1. The Morgan fingerprint density at radius 2 is 1.90 bits per heavy atom. The average Bonchev–Trinajstić information content (AvgIpc) is 2.86. The first-order valence-electron chi connectivity index (χ1n) is 6.77. The molecule has 1 heterocycles. The fourth-order valence-electron chi connectivity index (χ4n) is 2.57. The van der Waals surface area contributed by atoms with E-state index in [4.69, 9.17) is 0 Å². The third-order valence-corrected chi connectivity index (χ3v) is 6.45. The molecule has 1 fully saturated rings. The first kappa shape index (κ1) is 13.8. The molecular formula is C16H16O2S2. The second-order valence-corrected chi connectivity index (χ2v) is 7.58. The summed E-state index contributed by atoms with van der Waals surface area (Å²) in [5, 5.41) is 3.38. The third kappa shape index (κ3) is 2.31. The van der Waals surface area contributed by atoms with E-state index in [0.717, 1.165) is 12.2 Å². The minimum absolute atomic E-state index is 0.0956. The van der Waals surface area contributed by atoms with Crippen LogP contribution in [0.3, 0.4) is 0 Å². The van der Waals surface area contributed by atoms with Crippen molar-refractivity contribution in [3.8, 4) is 0 Å². The summed E-state index contributed by atoms with van der Waals surface area (Å²) in [6.07, 6.45) is 1.80. The SMILES string of the molecule is CC1(SCc2csc3ccccc23)C(=O)CCCC1=O. The Morgan fingerprint density at radius 3 is 2.65 bits per heavy atom. The second-order valence-electron chi connectivity index (χ2n) is 5.28. The van der Waals surface area contributed by atoms with Crippen LogP contribution in [0.2, 0.25) is 0 Å². The van der Waals surface area contributed by atoms with E-state index in [-0.39, 0.29) is 11.6 Å². The zero-order chi connectivity index (χ0) is 14.2. The van der Waals surface area contributed by atoms with Gasteiger partial charge in [-0.2, -0.15) is 0 Å². The summed E-state index contributed by atoms with van der Waals surface area (Å²) in [5.41, 5.74) is 1.22. The molecule has 0 atom stereocenters. The molecule has 2 aromatic rings. The lowest BCUT2D eigenvalue weighted by Crippen LogP contribution is -2.43. The summed E-state index contributed by atoms with van der Waals surface area (Å²) in [4.78, 5) is 24.2. The number of fused-ring (bicyclic) bond motifs is 1. The van der Waals surface area contributed by atoms with Crippen molar-refractivity contribution >= 4 is 44.8 Å². The number of carbonyl (C=O) groups is 2. The number of thiophene rings is 1. The summed E-state index contributed by atoms with van der Waals surface area (Å²) in [6.45, 7) is 1.80. The van der Waals surface area contributed by atoms with E-state index in [2.05, 4.69) is 17.5 Å². The van der Waals surface area contributed by atoms with Gasteiger partial charge in [0.05, 0.1) is 0 Å². The smallest absolute Gasteiger partial charge is 0.156 e. The van der Waals surface area contributed by atoms with Gasteiger partial charge >= 0.3 is 0 Å². The van der Waals surface area contributed by atoms with Crippen molar-refractivity contribution in [2.45, 2.75) is 36.7 Å². The van der Waals surface area contributed by atoms with Crippen LogP contribution in [0, 0.1) is 0 Å². The lowest BCUT2D eigenvalue weighted by molar-refractivity contribution is -0.132. The molecule has 1 saturated carbocycles. The van der Waals surface area contributed by atoms with Gasteiger partial charge in [0.2, 0.25) is 0 Å². The highest BCUT2D eigenvalue weighted by Gasteiger charge is 2.42. The van der Waals surface area contributed by atoms with Gasteiger partial charge in [-0.05, 0) is 35.7 Å². The minimum Gasteiger partial charge on any atom is -0.298 e. The molecule has 2 nitrogen and oxygen atoms in total. The van der Waals surface area contributed by atoms with Crippen LogP contribution in [0.4, 0.5) is 0 Å². The summed E-state index contributed by atoms with van der Waals surface area (Å²) >= 11 is 3.21. The molecule has 0 N–H and O–H groups in total. The van der Waals surface area contributed by atoms with E-state index in [9.17, 15) is 9.59 Å². The molecular weight excluding hydrogens is 288 g/mol. The van der Waals surface area contributed by atoms with Crippen molar-refractivity contribution in [2.24, 2.45) is 0 Å². The molecule has 0 unspecified atom stereocenters. The predicted molar refractivity (Wildman–Crippen MR) is 85.4 cm³/mol. The zero-order valence-electron chi connectivity index (χ0n) is 11.3. The molecule has 0 aliphatic heterocycles. The highest BCUT2D eigenvalue weighted by molar-refractivity contribution is 8.01. The molecule has 1 aromatic carbocycles. The number of rotatable bonds is 3. The summed E-state index contributed by atoms with van der Waals surface area (Å²) in [7, 11) is 0. The van der Waals surface area contributed by atoms with E-state index in [1.165, 1.54) is 27.4 Å². The Bertz CT molecular complexity index is 656. The molecule has 0 radical (unpaired) electrons. The van der Waals surface area contributed by atoms with E-state index in [1.54, 1.807) is 18.3 Å². The van der Waals surface area contributed by atoms with Gasteiger partial charge in [-0.15, -0.1) is 23.1 Å². The van der Waals surface area contributed by atoms with Gasteiger partial charge in [0.25, 0.3) is 0 Å². The maximum atomic E-state index is 12.1. The van der Waals surface area contributed by atoms with Crippen molar-refractivity contribution in [3.05, 3.63) is 35.2 Å². The van der Waals surface area contributed by atoms with Crippen LogP contribution < -0.4 is 0 Å². The van der Waals surface area contributed by atoms with Crippen molar-refractivity contribution in [3.63, 3.8) is 0 Å². The lowest BCUT2D eigenvalue weighted by atomic mass is 9.87. The fraction of sp³-hybridized carbons (Fsp3) is 0.375. The summed E-state index contributed by atoms with van der Waals surface area (Å²) < 4.78 is 0.427. The molecule has 1 aliphatic carbocycles. The number of hydrogen-bond acceptors (Lipinski definition) is 4.